The molecule has 4 heteroatoms. The van der Waals surface area contributed by atoms with Gasteiger partial charge in [-0.3, -0.25) is 0 Å². The van der Waals surface area contributed by atoms with Crippen LogP contribution >= 0.6 is 31.7 Å². The average Bonchev–Trinajstić information content (AvgIpc) is 3.83. The maximum absolute atomic E-state index is 2.58. The molecule has 8 atom stereocenters. The first kappa shape index (κ1) is 37.5. The van der Waals surface area contributed by atoms with Gasteiger partial charge in [0, 0.05) is 22.6 Å². The first-order valence-corrected chi connectivity index (χ1v) is 26.2. The average molecular weight is 763 g/mol. The van der Waals surface area contributed by atoms with Gasteiger partial charge in [-0.2, -0.15) is 0 Å². The summed E-state index contributed by atoms with van der Waals surface area (Å²) in [5, 5.41) is 1.22. The molecule has 0 bridgehead atoms. The summed E-state index contributed by atoms with van der Waals surface area (Å²) >= 11 is 0. The molecule has 0 radical (unpaired) electrons. The SMILES string of the molecule is CC(C)(C)[P@]1Cc2ccccc2[C@H]1[C@@H]1c2cccc(-c3cccc4c3C[P@](C(C)(C)C)[C@H]4[C@H]3c4ccccc4C[P@]3C(C)(C)C)c2C[P@@]1C(C)(C)C. The van der Waals surface area contributed by atoms with E-state index in [9.17, 15) is 0 Å². The molecule has 4 aromatic rings. The highest BCUT2D eigenvalue weighted by atomic mass is 31.1. The van der Waals surface area contributed by atoms with Crippen LogP contribution in [0.2, 0.25) is 0 Å². The largest absolute Gasteiger partial charge is 0.0880 e. The maximum atomic E-state index is 2.58. The van der Waals surface area contributed by atoms with Crippen LogP contribution in [0.3, 0.4) is 0 Å². The van der Waals surface area contributed by atoms with Gasteiger partial charge in [0.1, 0.15) is 0 Å². The highest BCUT2D eigenvalue weighted by molar-refractivity contribution is 7.64. The fourth-order valence-electron chi connectivity index (χ4n) is 10.3. The zero-order valence-electron chi connectivity index (χ0n) is 34.0. The van der Waals surface area contributed by atoms with Gasteiger partial charge in [-0.1, -0.05) is 200 Å². The molecule has 8 rings (SSSR count). The lowest BCUT2D eigenvalue weighted by atomic mass is 9.88. The van der Waals surface area contributed by atoms with Gasteiger partial charge in [-0.05, 0) is 101 Å². The number of fused-ring (bicyclic) bond motifs is 4. The maximum Gasteiger partial charge on any atom is 0.0161 e. The van der Waals surface area contributed by atoms with Gasteiger partial charge in [0.15, 0.2) is 0 Å². The minimum Gasteiger partial charge on any atom is -0.0880 e. The van der Waals surface area contributed by atoms with E-state index in [1.165, 1.54) is 24.6 Å². The quantitative estimate of drug-likeness (QED) is 0.182. The van der Waals surface area contributed by atoms with Gasteiger partial charge in [-0.15, -0.1) is 0 Å². The lowest BCUT2D eigenvalue weighted by Crippen LogP contribution is -2.20. The van der Waals surface area contributed by atoms with Crippen LogP contribution in [0, 0.1) is 0 Å². The van der Waals surface area contributed by atoms with Crippen molar-refractivity contribution in [2.75, 3.05) is 0 Å². The van der Waals surface area contributed by atoms with Gasteiger partial charge in [0.25, 0.3) is 0 Å². The van der Waals surface area contributed by atoms with Crippen molar-refractivity contribution in [1.29, 1.82) is 0 Å². The zero-order chi connectivity index (χ0) is 37.1. The van der Waals surface area contributed by atoms with Crippen LogP contribution in [0.15, 0.2) is 84.9 Å². The molecule has 0 amide bonds. The van der Waals surface area contributed by atoms with Crippen LogP contribution in [-0.4, -0.2) is 20.6 Å². The van der Waals surface area contributed by atoms with Crippen molar-refractivity contribution < 1.29 is 0 Å². The lowest BCUT2D eigenvalue weighted by Gasteiger charge is -2.42. The molecule has 4 aromatic carbocycles. The third-order valence-corrected chi connectivity index (χ3v) is 27.9. The number of hydrogen-bond acceptors (Lipinski definition) is 0. The minimum atomic E-state index is -0.267. The second-order valence-corrected chi connectivity index (χ2v) is 32.7. The van der Waals surface area contributed by atoms with Gasteiger partial charge < -0.3 is 0 Å². The Hall–Kier alpha value is -1.40. The molecule has 0 nitrogen and oxygen atoms in total. The van der Waals surface area contributed by atoms with Gasteiger partial charge in [0.2, 0.25) is 0 Å². The van der Waals surface area contributed by atoms with E-state index in [0.717, 1.165) is 0 Å². The Labute approximate surface area is 321 Å². The highest BCUT2D eigenvalue weighted by Crippen LogP contribution is 2.83. The fraction of sp³-hybridized carbons (Fsp3) is 0.500. The van der Waals surface area contributed by atoms with Crippen molar-refractivity contribution >= 4 is 31.7 Å². The number of benzene rings is 4. The van der Waals surface area contributed by atoms with Crippen LogP contribution in [-0.2, 0) is 24.6 Å². The highest BCUT2D eigenvalue weighted by Gasteiger charge is 2.53. The third kappa shape index (κ3) is 6.26. The monoisotopic (exact) mass is 762 g/mol. The normalized spacial score (nSPS) is 28.5. The predicted octanol–water partition coefficient (Wildman–Crippen LogP) is 16.1. The molecule has 274 valence electrons. The standard InChI is InChI=1S/C48H62P4/c1-45(2,3)49-27-31-19-13-15-21-33(31)41(49)43-37-25-17-23-35(39(37)29-51(43)47(7,8)9)36-24-18-26-38-40(36)30-52(48(10,11)12)44(38)42-34-22-16-14-20-32(34)28-50(42)46(4,5)6/h13-26,41-44H,27-30H2,1-12H3/t41-,42+,43-,44+,49+,50-,51+,52-. The summed E-state index contributed by atoms with van der Waals surface area (Å²) in [6.45, 7) is 30.6. The van der Waals surface area contributed by atoms with Crippen molar-refractivity contribution in [3.63, 3.8) is 0 Å². The van der Waals surface area contributed by atoms with Gasteiger partial charge in [0.05, 0.1) is 0 Å². The van der Waals surface area contributed by atoms with Crippen molar-refractivity contribution in [1.82, 2.24) is 0 Å². The van der Waals surface area contributed by atoms with E-state index < -0.39 is 0 Å². The summed E-state index contributed by atoms with van der Waals surface area (Å²) in [5.41, 5.74) is 19.1. The summed E-state index contributed by atoms with van der Waals surface area (Å²) in [7, 11) is -0.932. The van der Waals surface area contributed by atoms with Crippen LogP contribution in [0.4, 0.5) is 0 Å². The summed E-state index contributed by atoms with van der Waals surface area (Å²) < 4.78 is 0. The molecule has 4 aliphatic heterocycles. The Bertz CT molecular complexity index is 1850. The molecule has 0 spiro atoms. The van der Waals surface area contributed by atoms with E-state index in [4.69, 9.17) is 0 Å². The molecule has 0 N–H and O–H groups in total. The van der Waals surface area contributed by atoms with Crippen molar-refractivity contribution in [2.45, 2.75) is 151 Å². The fourth-order valence-corrected chi connectivity index (χ4v) is 25.3. The van der Waals surface area contributed by atoms with Crippen LogP contribution in [0.5, 0.6) is 0 Å². The minimum absolute atomic E-state index is 0.199. The summed E-state index contributed by atoms with van der Waals surface area (Å²) in [6, 6.07) is 34.3. The summed E-state index contributed by atoms with van der Waals surface area (Å²) in [4.78, 5) is 0. The van der Waals surface area contributed by atoms with Crippen LogP contribution in [0.1, 0.15) is 150 Å². The van der Waals surface area contributed by atoms with E-state index in [-0.39, 0.29) is 42.0 Å². The molecule has 0 aromatic heterocycles. The second kappa shape index (κ2) is 13.1. The first-order chi connectivity index (χ1) is 24.4. The Morgan fingerprint density at radius 3 is 0.981 bits per heavy atom. The zero-order valence-corrected chi connectivity index (χ0v) is 37.6. The van der Waals surface area contributed by atoms with E-state index in [1.54, 1.807) is 55.6 Å². The number of rotatable bonds is 3. The van der Waals surface area contributed by atoms with Crippen molar-refractivity contribution in [3.8, 4) is 11.1 Å². The molecule has 0 aliphatic carbocycles. The van der Waals surface area contributed by atoms with Gasteiger partial charge in [-0.25, -0.2) is 0 Å². The van der Waals surface area contributed by atoms with E-state index in [0.29, 0.717) is 32.9 Å². The smallest absolute Gasteiger partial charge is 0.0161 e. The molecule has 0 fully saturated rings. The van der Waals surface area contributed by atoms with E-state index >= 15 is 0 Å². The van der Waals surface area contributed by atoms with E-state index in [1.807, 2.05) is 0 Å². The molecule has 0 unspecified atom stereocenters. The molecule has 0 saturated heterocycles. The lowest BCUT2D eigenvalue weighted by molar-refractivity contribution is 0.736. The molecular formula is C48H62P4. The summed E-state index contributed by atoms with van der Waals surface area (Å²) in [6.07, 6.45) is 5.08. The van der Waals surface area contributed by atoms with Crippen LogP contribution in [0.25, 0.3) is 11.1 Å². The van der Waals surface area contributed by atoms with Gasteiger partial charge >= 0.3 is 0 Å². The molecule has 4 aliphatic rings. The first-order valence-electron chi connectivity index (χ1n) is 19.8. The van der Waals surface area contributed by atoms with E-state index in [2.05, 4.69) is 168 Å². The van der Waals surface area contributed by atoms with Crippen LogP contribution < -0.4 is 0 Å². The molecular weight excluding hydrogens is 700 g/mol. The third-order valence-electron chi connectivity index (χ3n) is 12.8. The second-order valence-electron chi connectivity index (χ2n) is 20.1. The van der Waals surface area contributed by atoms with Crippen molar-refractivity contribution in [2.24, 2.45) is 0 Å². The Balaban J connectivity index is 1.29. The molecule has 4 heterocycles. The Morgan fingerprint density at radius 2 is 0.635 bits per heavy atom. The summed E-state index contributed by atoms with van der Waals surface area (Å²) in [5.74, 6) is 0. The molecule has 0 saturated carbocycles. The Morgan fingerprint density at radius 1 is 0.346 bits per heavy atom. The molecule has 52 heavy (non-hydrogen) atoms. The topological polar surface area (TPSA) is 0 Å². The predicted molar refractivity (Wildman–Crippen MR) is 237 cm³/mol. The Kier molecular flexibility index (Phi) is 9.45. The number of hydrogen-bond donors (Lipinski definition) is 0. The van der Waals surface area contributed by atoms with Crippen molar-refractivity contribution in [3.05, 3.63) is 129 Å².